The Hall–Kier alpha value is -2.63. The molecule has 136 valence electrons. The van der Waals surface area contributed by atoms with E-state index in [1.807, 2.05) is 6.07 Å². The number of nitrogen functional groups attached to an aromatic ring is 1. The van der Waals surface area contributed by atoms with Gasteiger partial charge in [0.15, 0.2) is 5.78 Å². The Morgan fingerprint density at radius 3 is 2.31 bits per heavy atom. The van der Waals surface area contributed by atoms with Crippen molar-refractivity contribution >= 4 is 23.2 Å². The van der Waals surface area contributed by atoms with E-state index < -0.39 is 0 Å². The molecule has 6 nitrogen and oxygen atoms in total. The number of aromatic nitrogens is 2. The van der Waals surface area contributed by atoms with Gasteiger partial charge in [-0.3, -0.25) is 4.79 Å². The number of para-hydroxylation sites is 1. The summed E-state index contributed by atoms with van der Waals surface area (Å²) < 4.78 is 0. The third-order valence-corrected chi connectivity index (χ3v) is 5.25. The van der Waals surface area contributed by atoms with E-state index in [9.17, 15) is 4.79 Å². The number of nitrogens with two attached hydrogens (primary N) is 1. The number of benzene rings is 1. The first-order chi connectivity index (χ1) is 12.4. The number of fused-ring (bicyclic) bond motifs is 1. The number of hydrogen-bond acceptors (Lipinski definition) is 6. The number of piperazine rings is 1. The van der Waals surface area contributed by atoms with Crippen LogP contribution < -0.4 is 15.5 Å². The summed E-state index contributed by atoms with van der Waals surface area (Å²) >= 11 is 0. The molecule has 2 heterocycles. The Kier molecular flexibility index (Phi) is 4.05. The number of carbonyl (C=O) groups is 1. The van der Waals surface area contributed by atoms with E-state index in [0.717, 1.165) is 38.3 Å². The minimum absolute atomic E-state index is 0.0641. The molecular weight excluding hydrogens is 326 g/mol. The van der Waals surface area contributed by atoms with Crippen LogP contribution in [0.3, 0.4) is 0 Å². The predicted octanol–water partition coefficient (Wildman–Crippen LogP) is 2.54. The topological polar surface area (TPSA) is 75.4 Å². The van der Waals surface area contributed by atoms with Crippen LogP contribution in [0.4, 0.5) is 17.5 Å². The molecule has 2 aliphatic rings. The van der Waals surface area contributed by atoms with E-state index in [1.165, 1.54) is 5.69 Å². The quantitative estimate of drug-likeness (QED) is 0.896. The highest BCUT2D eigenvalue weighted by Crippen LogP contribution is 2.36. The number of nitrogens with zero attached hydrogens (tertiary/aromatic N) is 4. The van der Waals surface area contributed by atoms with Crippen LogP contribution in [0.2, 0.25) is 0 Å². The summed E-state index contributed by atoms with van der Waals surface area (Å²) in [4.78, 5) is 26.2. The monoisotopic (exact) mass is 351 g/mol. The summed E-state index contributed by atoms with van der Waals surface area (Å²) in [6.45, 7) is 7.70. The minimum Gasteiger partial charge on any atom is -0.383 e. The number of ketones is 1. The lowest BCUT2D eigenvalue weighted by Crippen LogP contribution is -2.47. The summed E-state index contributed by atoms with van der Waals surface area (Å²) in [5.41, 5.74) is 8.65. The second-order valence-corrected chi connectivity index (χ2v) is 7.98. The van der Waals surface area contributed by atoms with Crippen molar-refractivity contribution in [2.45, 2.75) is 26.7 Å². The number of carbonyl (C=O) groups excluding carboxylic acids is 1. The molecule has 0 atom stereocenters. The normalized spacial score (nSPS) is 19.4. The van der Waals surface area contributed by atoms with Gasteiger partial charge in [0.2, 0.25) is 5.95 Å². The summed E-state index contributed by atoms with van der Waals surface area (Å²) in [6.07, 6.45) is 1.26. The van der Waals surface area contributed by atoms with E-state index in [-0.39, 0.29) is 11.2 Å². The highest BCUT2D eigenvalue weighted by atomic mass is 16.1. The molecule has 1 aromatic carbocycles. The van der Waals surface area contributed by atoms with Crippen LogP contribution in [0.25, 0.3) is 0 Å². The predicted molar refractivity (Wildman–Crippen MR) is 104 cm³/mol. The van der Waals surface area contributed by atoms with Crippen LogP contribution in [-0.2, 0) is 6.42 Å². The van der Waals surface area contributed by atoms with Crippen molar-refractivity contribution in [3.05, 3.63) is 41.6 Å². The fourth-order valence-electron chi connectivity index (χ4n) is 3.93. The molecule has 0 bridgehead atoms. The van der Waals surface area contributed by atoms with Crippen molar-refractivity contribution in [3.63, 3.8) is 0 Å². The van der Waals surface area contributed by atoms with Crippen LogP contribution >= 0.6 is 0 Å². The van der Waals surface area contributed by atoms with Crippen molar-refractivity contribution in [2.24, 2.45) is 5.41 Å². The molecule has 0 unspecified atom stereocenters. The minimum atomic E-state index is -0.0752. The van der Waals surface area contributed by atoms with Gasteiger partial charge in [0.05, 0.1) is 11.3 Å². The van der Waals surface area contributed by atoms with Gasteiger partial charge in [-0.25, -0.2) is 4.98 Å². The van der Waals surface area contributed by atoms with Crippen molar-refractivity contribution < 1.29 is 4.79 Å². The highest BCUT2D eigenvalue weighted by molar-refractivity contribution is 6.02. The zero-order valence-electron chi connectivity index (χ0n) is 15.4. The fraction of sp³-hybridized carbons (Fsp3) is 0.450. The zero-order valence-corrected chi connectivity index (χ0v) is 15.4. The molecule has 26 heavy (non-hydrogen) atoms. The number of anilines is 3. The van der Waals surface area contributed by atoms with Gasteiger partial charge in [0.1, 0.15) is 5.82 Å². The lowest BCUT2D eigenvalue weighted by Gasteiger charge is -2.37. The molecule has 1 aliphatic carbocycles. The van der Waals surface area contributed by atoms with Crippen LogP contribution in [-0.4, -0.2) is 41.9 Å². The van der Waals surface area contributed by atoms with Crippen molar-refractivity contribution in [1.29, 1.82) is 0 Å². The molecule has 2 aromatic rings. The Labute approximate surface area is 154 Å². The maximum absolute atomic E-state index is 12.4. The first-order valence-corrected chi connectivity index (χ1v) is 9.17. The third kappa shape index (κ3) is 3.11. The molecule has 0 radical (unpaired) electrons. The number of hydrogen-bond donors (Lipinski definition) is 1. The molecule has 0 saturated carbocycles. The van der Waals surface area contributed by atoms with E-state index in [4.69, 9.17) is 10.7 Å². The zero-order chi connectivity index (χ0) is 18.3. The summed E-state index contributed by atoms with van der Waals surface area (Å²) in [7, 11) is 0. The Morgan fingerprint density at radius 1 is 0.962 bits per heavy atom. The molecule has 1 aliphatic heterocycles. The van der Waals surface area contributed by atoms with Gasteiger partial charge in [0, 0.05) is 38.3 Å². The van der Waals surface area contributed by atoms with E-state index in [1.54, 1.807) is 0 Å². The Morgan fingerprint density at radius 2 is 1.62 bits per heavy atom. The van der Waals surface area contributed by atoms with E-state index in [2.05, 4.69) is 52.9 Å². The van der Waals surface area contributed by atoms with Gasteiger partial charge in [-0.05, 0) is 24.0 Å². The van der Waals surface area contributed by atoms with Crippen LogP contribution in [0.1, 0.15) is 36.3 Å². The lowest BCUT2D eigenvalue weighted by atomic mass is 9.76. The standard InChI is InChI=1S/C20H25N5O/c1-20(2)12-15-17(16(26)13-20)18(21)23-19(22-15)25-10-8-24(9-11-25)14-6-4-3-5-7-14/h3-7H,8-13H2,1-2H3,(H2,21,22,23). The Bertz CT molecular complexity index is 826. The SMILES string of the molecule is CC1(C)CC(=O)c2c(N)nc(N3CCN(c4ccccc4)CC3)nc2C1. The van der Waals surface area contributed by atoms with Gasteiger partial charge < -0.3 is 15.5 Å². The van der Waals surface area contributed by atoms with Crippen molar-refractivity contribution in [3.8, 4) is 0 Å². The number of rotatable bonds is 2. The van der Waals surface area contributed by atoms with Gasteiger partial charge in [-0.15, -0.1) is 0 Å². The van der Waals surface area contributed by atoms with Crippen molar-refractivity contribution in [2.75, 3.05) is 41.7 Å². The summed E-state index contributed by atoms with van der Waals surface area (Å²) in [5.74, 6) is 1.05. The Balaban J connectivity index is 1.55. The highest BCUT2D eigenvalue weighted by Gasteiger charge is 2.35. The summed E-state index contributed by atoms with van der Waals surface area (Å²) in [5, 5.41) is 0. The van der Waals surface area contributed by atoms with E-state index >= 15 is 0 Å². The smallest absolute Gasteiger partial charge is 0.227 e. The lowest BCUT2D eigenvalue weighted by molar-refractivity contribution is 0.0911. The first-order valence-electron chi connectivity index (χ1n) is 9.17. The average molecular weight is 351 g/mol. The van der Waals surface area contributed by atoms with Crippen molar-refractivity contribution in [1.82, 2.24) is 9.97 Å². The van der Waals surface area contributed by atoms with Crippen LogP contribution in [0.5, 0.6) is 0 Å². The van der Waals surface area contributed by atoms with Gasteiger partial charge in [-0.1, -0.05) is 32.0 Å². The number of Topliss-reactive ketones (excluding diaryl/α,β-unsaturated/α-hetero) is 1. The molecule has 6 heteroatoms. The molecule has 0 spiro atoms. The maximum atomic E-state index is 12.4. The second-order valence-electron chi connectivity index (χ2n) is 7.98. The molecule has 4 rings (SSSR count). The molecular formula is C20H25N5O. The molecule has 0 amide bonds. The molecule has 1 saturated heterocycles. The first kappa shape index (κ1) is 16.8. The van der Waals surface area contributed by atoms with Crippen LogP contribution in [0, 0.1) is 5.41 Å². The fourth-order valence-corrected chi connectivity index (χ4v) is 3.93. The van der Waals surface area contributed by atoms with Gasteiger partial charge in [-0.2, -0.15) is 4.98 Å². The molecule has 1 fully saturated rings. The van der Waals surface area contributed by atoms with Gasteiger partial charge in [0.25, 0.3) is 0 Å². The van der Waals surface area contributed by atoms with Crippen LogP contribution in [0.15, 0.2) is 30.3 Å². The molecule has 1 aromatic heterocycles. The average Bonchev–Trinajstić information content (AvgIpc) is 2.60. The summed E-state index contributed by atoms with van der Waals surface area (Å²) in [6, 6.07) is 10.4. The maximum Gasteiger partial charge on any atom is 0.227 e. The molecule has 2 N–H and O–H groups in total. The second kappa shape index (κ2) is 6.27. The van der Waals surface area contributed by atoms with Gasteiger partial charge >= 0.3 is 0 Å². The third-order valence-electron chi connectivity index (χ3n) is 5.25. The van der Waals surface area contributed by atoms with E-state index in [0.29, 0.717) is 23.8 Å². The largest absolute Gasteiger partial charge is 0.383 e.